The summed E-state index contributed by atoms with van der Waals surface area (Å²) in [6.07, 6.45) is 6.47. The number of carbonyl (C=O) groups excluding carboxylic acids is 2. The third-order valence-electron chi connectivity index (χ3n) is 6.43. The molecule has 0 spiro atoms. The lowest BCUT2D eigenvalue weighted by atomic mass is 10.0. The summed E-state index contributed by atoms with van der Waals surface area (Å²) in [5.41, 5.74) is 1.80. The highest BCUT2D eigenvalue weighted by Gasteiger charge is 2.32. The number of hydrogen-bond acceptors (Lipinski definition) is 7. The molecule has 1 aromatic carbocycles. The van der Waals surface area contributed by atoms with Crippen molar-refractivity contribution in [1.82, 2.24) is 19.8 Å². The molecule has 4 aromatic rings. The zero-order valence-corrected chi connectivity index (χ0v) is 18.7. The minimum absolute atomic E-state index is 0.0362. The Morgan fingerprint density at radius 1 is 1.18 bits per heavy atom. The molecule has 6 rings (SSSR count). The molecule has 2 saturated heterocycles. The molecule has 0 radical (unpaired) electrons. The fourth-order valence-corrected chi connectivity index (χ4v) is 5.53. The van der Waals surface area contributed by atoms with E-state index >= 15 is 0 Å². The van der Waals surface area contributed by atoms with E-state index in [1.54, 1.807) is 12.3 Å². The van der Waals surface area contributed by atoms with E-state index in [2.05, 4.69) is 9.97 Å². The minimum Gasteiger partial charge on any atom is -0.463 e. The lowest BCUT2D eigenvalue weighted by Gasteiger charge is -2.36. The number of pyridine rings is 1. The number of piperidine rings is 1. The molecule has 0 aliphatic carbocycles. The molecule has 2 amide bonds. The maximum atomic E-state index is 13.2. The highest BCUT2D eigenvalue weighted by molar-refractivity contribution is 7.20. The number of amides is 2. The van der Waals surface area contributed by atoms with Crippen LogP contribution in [0.2, 0.25) is 0 Å². The lowest BCUT2D eigenvalue weighted by molar-refractivity contribution is -0.130. The Hall–Kier alpha value is -3.46. The van der Waals surface area contributed by atoms with Gasteiger partial charge < -0.3 is 19.0 Å². The molecular formula is C24H22N4O4S. The number of fused-ring (bicyclic) bond motifs is 2. The van der Waals surface area contributed by atoms with E-state index in [0.717, 1.165) is 35.9 Å². The van der Waals surface area contributed by atoms with Gasteiger partial charge in [-0.2, -0.15) is 4.98 Å². The van der Waals surface area contributed by atoms with Gasteiger partial charge in [0, 0.05) is 49.7 Å². The first-order chi connectivity index (χ1) is 16.2. The summed E-state index contributed by atoms with van der Waals surface area (Å²) in [5, 5.41) is 1.26. The predicted molar refractivity (Wildman–Crippen MR) is 124 cm³/mol. The Kier molecular flexibility index (Phi) is 4.98. The monoisotopic (exact) mass is 462 g/mol. The molecule has 2 aliphatic heterocycles. The van der Waals surface area contributed by atoms with Crippen molar-refractivity contribution >= 4 is 44.5 Å². The highest BCUT2D eigenvalue weighted by Crippen LogP contribution is 2.33. The Balaban J connectivity index is 1.16. The van der Waals surface area contributed by atoms with Crippen LogP contribution in [0.15, 0.2) is 47.2 Å². The maximum absolute atomic E-state index is 13.2. The average Bonchev–Trinajstić information content (AvgIpc) is 3.56. The summed E-state index contributed by atoms with van der Waals surface area (Å²) in [7, 11) is 0. The van der Waals surface area contributed by atoms with Gasteiger partial charge in [0.25, 0.3) is 11.1 Å². The van der Waals surface area contributed by atoms with Crippen molar-refractivity contribution in [2.45, 2.75) is 31.7 Å². The molecule has 0 N–H and O–H groups in total. The third kappa shape index (κ3) is 3.72. The van der Waals surface area contributed by atoms with Crippen LogP contribution in [0.1, 0.15) is 36.0 Å². The number of hydrogen-bond donors (Lipinski definition) is 0. The minimum atomic E-state index is -0.0362. The van der Waals surface area contributed by atoms with Gasteiger partial charge in [0.15, 0.2) is 5.65 Å². The van der Waals surface area contributed by atoms with Crippen molar-refractivity contribution in [3.05, 3.63) is 48.4 Å². The number of rotatable bonds is 4. The van der Waals surface area contributed by atoms with Crippen LogP contribution in [0.4, 0.5) is 0 Å². The summed E-state index contributed by atoms with van der Waals surface area (Å²) < 4.78 is 12.6. The fraction of sp³-hybridized carbons (Fsp3) is 0.333. The second kappa shape index (κ2) is 8.15. The zero-order chi connectivity index (χ0) is 22.4. The third-order valence-corrected chi connectivity index (χ3v) is 7.32. The molecule has 2 fully saturated rings. The second-order valence-electron chi connectivity index (χ2n) is 8.43. The summed E-state index contributed by atoms with van der Waals surface area (Å²) in [4.78, 5) is 37.7. The van der Waals surface area contributed by atoms with E-state index in [-0.39, 0.29) is 17.9 Å². The maximum Gasteiger partial charge on any atom is 0.281 e. The van der Waals surface area contributed by atoms with Crippen LogP contribution < -0.4 is 4.74 Å². The number of benzene rings is 1. The molecule has 2 aliphatic rings. The van der Waals surface area contributed by atoms with Crippen LogP contribution in [0.3, 0.4) is 0 Å². The van der Waals surface area contributed by atoms with Crippen LogP contribution in [-0.4, -0.2) is 57.3 Å². The van der Waals surface area contributed by atoms with E-state index in [9.17, 15) is 9.59 Å². The second-order valence-corrected chi connectivity index (χ2v) is 9.42. The van der Waals surface area contributed by atoms with Gasteiger partial charge in [-0.05, 0) is 43.5 Å². The van der Waals surface area contributed by atoms with Gasteiger partial charge in [-0.25, -0.2) is 4.98 Å². The number of nitrogens with zero attached hydrogens (tertiary/aromatic N) is 4. The molecule has 0 atom stereocenters. The van der Waals surface area contributed by atoms with Crippen LogP contribution in [0.25, 0.3) is 21.3 Å². The number of thiazole rings is 1. The van der Waals surface area contributed by atoms with Crippen LogP contribution in [0.5, 0.6) is 10.9 Å². The predicted octanol–water partition coefficient (Wildman–Crippen LogP) is 4.46. The zero-order valence-electron chi connectivity index (χ0n) is 17.9. The summed E-state index contributed by atoms with van der Waals surface area (Å²) >= 11 is 1.42. The van der Waals surface area contributed by atoms with Crippen molar-refractivity contribution in [2.75, 3.05) is 19.6 Å². The van der Waals surface area contributed by atoms with Crippen molar-refractivity contribution in [2.24, 2.45) is 0 Å². The largest absolute Gasteiger partial charge is 0.463 e. The molecule has 5 heterocycles. The molecule has 33 heavy (non-hydrogen) atoms. The molecular weight excluding hydrogens is 440 g/mol. The van der Waals surface area contributed by atoms with Gasteiger partial charge in [0.2, 0.25) is 5.91 Å². The summed E-state index contributed by atoms with van der Waals surface area (Å²) in [6.45, 7) is 2.14. The van der Waals surface area contributed by atoms with Gasteiger partial charge in [-0.15, -0.1) is 0 Å². The van der Waals surface area contributed by atoms with Crippen molar-refractivity contribution in [3.63, 3.8) is 0 Å². The molecule has 0 bridgehead atoms. The molecule has 0 unspecified atom stereocenters. The number of aromatic nitrogens is 2. The molecule has 3 aromatic heterocycles. The first-order valence-electron chi connectivity index (χ1n) is 11.1. The van der Waals surface area contributed by atoms with Crippen LogP contribution in [0, 0.1) is 0 Å². The quantitative estimate of drug-likeness (QED) is 0.445. The van der Waals surface area contributed by atoms with Crippen LogP contribution >= 0.6 is 11.3 Å². The summed E-state index contributed by atoms with van der Waals surface area (Å²) in [5.74, 6) is 0.803. The highest BCUT2D eigenvalue weighted by atomic mass is 32.1. The Bertz CT molecular complexity index is 1320. The SMILES string of the molecule is O=C(c1coc2cc(Oc3nc4ncccc4s3)ccc12)N1CCC(N2CCCC2=O)CC1. The van der Waals surface area contributed by atoms with E-state index in [1.807, 2.05) is 34.1 Å². The van der Waals surface area contributed by atoms with Gasteiger partial charge in [0.1, 0.15) is 17.6 Å². The number of furan rings is 1. The number of likely N-dealkylation sites (tertiary alicyclic amines) is 2. The summed E-state index contributed by atoms with van der Waals surface area (Å²) in [6, 6.07) is 9.51. The fourth-order valence-electron chi connectivity index (χ4n) is 4.74. The molecule has 0 saturated carbocycles. The van der Waals surface area contributed by atoms with Gasteiger partial charge in [-0.1, -0.05) is 11.3 Å². The van der Waals surface area contributed by atoms with Gasteiger partial charge in [0.05, 0.1) is 10.3 Å². The van der Waals surface area contributed by atoms with Gasteiger partial charge >= 0.3 is 0 Å². The van der Waals surface area contributed by atoms with E-state index in [4.69, 9.17) is 9.15 Å². The Morgan fingerprint density at radius 2 is 2.06 bits per heavy atom. The average molecular weight is 463 g/mol. The molecule has 9 heteroatoms. The number of ether oxygens (including phenoxy) is 1. The number of carbonyl (C=O) groups is 2. The van der Waals surface area contributed by atoms with Crippen LogP contribution in [-0.2, 0) is 4.79 Å². The molecule has 8 nitrogen and oxygen atoms in total. The van der Waals surface area contributed by atoms with E-state index < -0.39 is 0 Å². The van der Waals surface area contributed by atoms with Crippen molar-refractivity contribution in [3.8, 4) is 10.9 Å². The lowest BCUT2D eigenvalue weighted by Crippen LogP contribution is -2.47. The normalized spacial score (nSPS) is 17.4. The topological polar surface area (TPSA) is 88.8 Å². The van der Waals surface area contributed by atoms with E-state index in [1.165, 1.54) is 17.6 Å². The van der Waals surface area contributed by atoms with Crippen molar-refractivity contribution < 1.29 is 18.7 Å². The van der Waals surface area contributed by atoms with Gasteiger partial charge in [-0.3, -0.25) is 9.59 Å². The van der Waals surface area contributed by atoms with Crippen molar-refractivity contribution in [1.29, 1.82) is 0 Å². The first kappa shape index (κ1) is 20.2. The standard InChI is InChI=1S/C24H22N4O4S/c29-21-4-2-10-28(21)15-7-11-27(12-8-15)23(30)18-14-31-19-13-16(5-6-17(18)19)32-24-26-22-20(33-24)3-1-9-25-22/h1,3,5-6,9,13-15H,2,4,7-8,10-12H2. The smallest absolute Gasteiger partial charge is 0.281 e. The first-order valence-corrected chi connectivity index (χ1v) is 12.0. The van der Waals surface area contributed by atoms with E-state index in [0.29, 0.717) is 47.2 Å². The molecule has 168 valence electrons. The Labute approximate surface area is 193 Å². The Morgan fingerprint density at radius 3 is 2.85 bits per heavy atom.